The Kier molecular flexibility index (Phi) is 6.24. The summed E-state index contributed by atoms with van der Waals surface area (Å²) in [6.07, 6.45) is -4.80. The van der Waals surface area contributed by atoms with E-state index < -0.39 is 96.5 Å². The van der Waals surface area contributed by atoms with Gasteiger partial charge >= 0.3 is 6.18 Å². The lowest BCUT2D eigenvalue weighted by atomic mass is 9.41. The van der Waals surface area contributed by atoms with E-state index in [1.54, 1.807) is 0 Å². The summed E-state index contributed by atoms with van der Waals surface area (Å²) in [5, 5.41) is 17.4. The maximum atomic E-state index is 14.6. The second-order valence-corrected chi connectivity index (χ2v) is 13.7. The van der Waals surface area contributed by atoms with E-state index >= 15 is 0 Å². The van der Waals surface area contributed by atoms with Crippen LogP contribution in [0.3, 0.4) is 0 Å². The van der Waals surface area contributed by atoms with Gasteiger partial charge in [0.1, 0.15) is 5.67 Å². The highest BCUT2D eigenvalue weighted by Crippen LogP contribution is 2.70. The molecule has 6 fully saturated rings. The number of amides is 2. The summed E-state index contributed by atoms with van der Waals surface area (Å²) in [6.45, 7) is -0.432. The highest BCUT2D eigenvalue weighted by Gasteiger charge is 2.74. The molecule has 6 aliphatic rings. The molecule has 1 saturated heterocycles. The van der Waals surface area contributed by atoms with Crippen LogP contribution >= 0.6 is 0 Å². The van der Waals surface area contributed by atoms with Crippen LogP contribution in [-0.2, 0) is 9.59 Å². The van der Waals surface area contributed by atoms with E-state index in [4.69, 9.17) is 0 Å². The van der Waals surface area contributed by atoms with Gasteiger partial charge in [0.2, 0.25) is 11.8 Å². The topological polar surface area (TPSA) is 113 Å². The van der Waals surface area contributed by atoms with Gasteiger partial charge in [-0.15, -0.1) is 0 Å². The Labute approximate surface area is 246 Å². The van der Waals surface area contributed by atoms with Crippen LogP contribution in [0.1, 0.15) is 94.1 Å². The summed E-state index contributed by atoms with van der Waals surface area (Å²) >= 11 is 0. The summed E-state index contributed by atoms with van der Waals surface area (Å²) in [6, 6.07) is -2.29. The van der Waals surface area contributed by atoms with Crippen LogP contribution in [-0.4, -0.2) is 77.0 Å². The molecule has 0 spiro atoms. The fourth-order valence-electron chi connectivity index (χ4n) is 7.51. The first kappa shape index (κ1) is 29.7. The SMILES string of the molecule is O=C(N[C@H](c1cn2ncc([C@@H]3C[C@@](O)(C(F)(F)F)CCN3C(=O)C34CC(F)(C3)C4)nc2n1)C1CCC(F)(F)CC1)C1(F)CC1. The van der Waals surface area contributed by atoms with Crippen LogP contribution in [0.25, 0.3) is 5.78 Å². The molecular weight excluding hydrogens is 601 g/mol. The van der Waals surface area contributed by atoms with Gasteiger partial charge in [0.15, 0.2) is 11.3 Å². The molecule has 0 radical (unpaired) electrons. The molecule has 44 heavy (non-hydrogen) atoms. The summed E-state index contributed by atoms with van der Waals surface area (Å²) in [5.74, 6) is -4.82. The van der Waals surface area contributed by atoms with E-state index in [2.05, 4.69) is 20.4 Å². The van der Waals surface area contributed by atoms with Crippen molar-refractivity contribution >= 4 is 17.6 Å². The zero-order valence-electron chi connectivity index (χ0n) is 23.5. The smallest absolute Gasteiger partial charge is 0.380 e. The third-order valence-corrected chi connectivity index (χ3v) is 10.4. The zero-order valence-corrected chi connectivity index (χ0v) is 23.5. The van der Waals surface area contributed by atoms with Gasteiger partial charge in [0.05, 0.1) is 41.3 Å². The Hall–Kier alpha value is -3.04. The normalized spacial score (nSPS) is 35.0. The fraction of sp³-hybridized carbons (Fsp3) is 0.750. The molecule has 8 rings (SSSR count). The highest BCUT2D eigenvalue weighted by molar-refractivity contribution is 5.88. The Morgan fingerprint density at radius 2 is 1.66 bits per heavy atom. The van der Waals surface area contributed by atoms with E-state index in [0.717, 1.165) is 6.20 Å². The number of nitrogens with zero attached hydrogens (tertiary/aromatic N) is 5. The van der Waals surface area contributed by atoms with Crippen LogP contribution in [0.2, 0.25) is 0 Å². The molecule has 9 nitrogen and oxygen atoms in total. The van der Waals surface area contributed by atoms with Gasteiger partial charge in [0.25, 0.3) is 11.7 Å². The number of hydrogen-bond donors (Lipinski definition) is 2. The first-order valence-corrected chi connectivity index (χ1v) is 14.8. The third-order valence-electron chi connectivity index (χ3n) is 10.4. The quantitative estimate of drug-likeness (QED) is 0.455. The minimum Gasteiger partial charge on any atom is -0.380 e. The van der Waals surface area contributed by atoms with Gasteiger partial charge in [-0.25, -0.2) is 32.0 Å². The van der Waals surface area contributed by atoms with Gasteiger partial charge in [-0.05, 0) is 50.9 Å². The van der Waals surface area contributed by atoms with E-state index in [0.29, 0.717) is 0 Å². The minimum absolute atomic E-state index is 0.000295. The first-order chi connectivity index (χ1) is 20.4. The maximum Gasteiger partial charge on any atom is 0.417 e. The molecule has 2 amide bonds. The molecule has 2 N–H and O–H groups in total. The number of aliphatic hydroxyl groups is 1. The van der Waals surface area contributed by atoms with Crippen molar-refractivity contribution in [3.63, 3.8) is 0 Å². The molecule has 3 heterocycles. The number of imidazole rings is 1. The molecule has 3 atom stereocenters. The lowest BCUT2D eigenvalue weighted by molar-refractivity contribution is -0.280. The van der Waals surface area contributed by atoms with Crippen molar-refractivity contribution in [2.75, 3.05) is 6.54 Å². The average Bonchev–Trinajstić information content (AvgIpc) is 3.53. The number of hydrogen-bond acceptors (Lipinski definition) is 6. The number of alkyl halides is 7. The number of nitrogens with one attached hydrogen (secondary N) is 1. The van der Waals surface area contributed by atoms with Gasteiger partial charge in [0, 0.05) is 32.2 Å². The number of rotatable bonds is 6. The molecule has 1 aliphatic heterocycles. The number of carbonyl (C=O) groups is 2. The maximum absolute atomic E-state index is 14.6. The van der Waals surface area contributed by atoms with Crippen molar-refractivity contribution < 1.29 is 45.4 Å². The summed E-state index contributed by atoms with van der Waals surface area (Å²) in [7, 11) is 0. The van der Waals surface area contributed by atoms with Gasteiger partial charge in [-0.3, -0.25) is 9.59 Å². The van der Waals surface area contributed by atoms with Gasteiger partial charge in [-0.2, -0.15) is 18.3 Å². The van der Waals surface area contributed by atoms with Crippen LogP contribution < -0.4 is 5.32 Å². The molecular formula is C28H31F7N6O3. The third kappa shape index (κ3) is 4.73. The van der Waals surface area contributed by atoms with Crippen molar-refractivity contribution in [3.05, 3.63) is 23.8 Å². The molecule has 16 heteroatoms. The standard InChI is InChI=1S/C28H31F7N6O3/c29-24-12-23(13-24,14-24)21(43)40-8-7-26(44,28(33,34)35)9-18(40)16-10-36-41-11-17(38-22(41)37-16)19(39-20(42)25(30)5-6-25)15-1-3-27(31,32)4-2-15/h10-11,15,18-19,44H,1-9,12-14H2,(H,39,42)/t18-,19-,23?,24?,26+/m0/s1. The second kappa shape index (κ2) is 9.25. The first-order valence-electron chi connectivity index (χ1n) is 14.8. The molecule has 2 aromatic heterocycles. The average molecular weight is 633 g/mol. The summed E-state index contributed by atoms with van der Waals surface area (Å²) in [4.78, 5) is 36.2. The van der Waals surface area contributed by atoms with Crippen molar-refractivity contribution in [1.82, 2.24) is 29.8 Å². The van der Waals surface area contributed by atoms with Crippen molar-refractivity contribution in [1.29, 1.82) is 0 Å². The monoisotopic (exact) mass is 632 g/mol. The van der Waals surface area contributed by atoms with Crippen molar-refractivity contribution in [3.8, 4) is 0 Å². The lowest BCUT2D eigenvalue weighted by Gasteiger charge is -2.65. The number of aromatic nitrogens is 4. The number of piperidine rings is 1. The molecule has 2 bridgehead atoms. The Balaban J connectivity index is 1.20. The predicted octanol–water partition coefficient (Wildman–Crippen LogP) is 4.46. The number of halogens is 7. The predicted molar refractivity (Wildman–Crippen MR) is 136 cm³/mol. The Bertz CT molecular complexity index is 1500. The molecule has 0 unspecified atom stereocenters. The molecule has 0 aromatic carbocycles. The van der Waals surface area contributed by atoms with E-state index in [1.807, 2.05) is 0 Å². The van der Waals surface area contributed by atoms with E-state index in [9.17, 15) is 45.4 Å². The summed E-state index contributed by atoms with van der Waals surface area (Å²) < 4.78 is 99.5. The lowest BCUT2D eigenvalue weighted by Crippen LogP contribution is -2.71. The minimum atomic E-state index is -4.99. The van der Waals surface area contributed by atoms with Crippen LogP contribution in [0.4, 0.5) is 30.7 Å². The van der Waals surface area contributed by atoms with E-state index in [1.165, 1.54) is 15.6 Å². The largest absolute Gasteiger partial charge is 0.417 e. The highest BCUT2D eigenvalue weighted by atomic mass is 19.4. The van der Waals surface area contributed by atoms with Gasteiger partial charge < -0.3 is 15.3 Å². The molecule has 2 aromatic rings. The molecule has 5 saturated carbocycles. The molecule has 240 valence electrons. The Morgan fingerprint density at radius 3 is 2.25 bits per heavy atom. The van der Waals surface area contributed by atoms with Crippen LogP contribution in [0.5, 0.6) is 0 Å². The summed E-state index contributed by atoms with van der Waals surface area (Å²) in [5.41, 5.74) is -7.44. The van der Waals surface area contributed by atoms with Crippen molar-refractivity contribution in [2.24, 2.45) is 11.3 Å². The second-order valence-electron chi connectivity index (χ2n) is 13.7. The van der Waals surface area contributed by atoms with Crippen LogP contribution in [0.15, 0.2) is 12.4 Å². The Morgan fingerprint density at radius 1 is 1.00 bits per heavy atom. The zero-order chi connectivity index (χ0) is 31.5. The van der Waals surface area contributed by atoms with Gasteiger partial charge in [-0.1, -0.05) is 0 Å². The molecule has 5 aliphatic carbocycles. The number of likely N-dealkylation sites (tertiary alicyclic amines) is 1. The number of carbonyl (C=O) groups excluding carboxylic acids is 2. The number of fused-ring (bicyclic) bond motifs is 1. The van der Waals surface area contributed by atoms with E-state index in [-0.39, 0.29) is 62.1 Å². The van der Waals surface area contributed by atoms with Crippen LogP contribution in [0, 0.1) is 11.3 Å². The van der Waals surface area contributed by atoms with Crippen molar-refractivity contribution in [2.45, 2.75) is 112 Å². The fourth-order valence-corrected chi connectivity index (χ4v) is 7.51.